The molecule has 0 fully saturated rings. The predicted octanol–water partition coefficient (Wildman–Crippen LogP) is 4.90. The second-order valence-corrected chi connectivity index (χ2v) is 4.67. The maximum absolute atomic E-state index is 5.87. The van der Waals surface area contributed by atoms with Crippen molar-refractivity contribution in [2.45, 2.75) is 6.92 Å². The molecule has 0 bridgehead atoms. The molecule has 20 heavy (non-hydrogen) atoms. The Hall–Kier alpha value is -2.72. The van der Waals surface area contributed by atoms with Crippen LogP contribution >= 0.6 is 0 Å². The molecule has 0 N–H and O–H groups in total. The summed E-state index contributed by atoms with van der Waals surface area (Å²) in [5.74, 6) is 4.43. The summed E-state index contributed by atoms with van der Waals surface area (Å²) < 4.78 is 5.87. The molecule has 1 nitrogen and oxygen atoms in total. The summed E-state index contributed by atoms with van der Waals surface area (Å²) in [4.78, 5) is 0. The fourth-order valence-corrected chi connectivity index (χ4v) is 2.26. The van der Waals surface area contributed by atoms with Crippen LogP contribution in [0, 0.1) is 19.3 Å². The lowest BCUT2D eigenvalue weighted by Crippen LogP contribution is -1.78. The van der Waals surface area contributed by atoms with Crippen molar-refractivity contribution in [1.82, 2.24) is 0 Å². The molecule has 0 aliphatic carbocycles. The molecule has 1 aromatic heterocycles. The average Bonchev–Trinajstić information content (AvgIpc) is 2.90. The van der Waals surface area contributed by atoms with Gasteiger partial charge in [-0.3, -0.25) is 0 Å². The van der Waals surface area contributed by atoms with Crippen molar-refractivity contribution in [3.05, 3.63) is 72.0 Å². The van der Waals surface area contributed by atoms with Crippen molar-refractivity contribution in [2.24, 2.45) is 0 Å². The Morgan fingerprint density at radius 3 is 2.25 bits per heavy atom. The first-order valence-corrected chi connectivity index (χ1v) is 6.51. The van der Waals surface area contributed by atoms with Crippen LogP contribution in [0.25, 0.3) is 22.5 Å². The molecular formula is C19H14O. The molecule has 3 rings (SSSR count). The molecule has 1 heterocycles. The molecule has 0 saturated carbocycles. The quantitative estimate of drug-likeness (QED) is 0.596. The maximum Gasteiger partial charge on any atom is 0.134 e. The molecule has 0 unspecified atom stereocenters. The summed E-state index contributed by atoms with van der Waals surface area (Å²) in [5, 5.41) is 0. The third-order valence-corrected chi connectivity index (χ3v) is 3.34. The van der Waals surface area contributed by atoms with Gasteiger partial charge in [-0.1, -0.05) is 48.4 Å². The monoisotopic (exact) mass is 258 g/mol. The van der Waals surface area contributed by atoms with Crippen LogP contribution in [0.2, 0.25) is 0 Å². The van der Waals surface area contributed by atoms with Gasteiger partial charge in [0, 0.05) is 16.7 Å². The van der Waals surface area contributed by atoms with Gasteiger partial charge in [0.05, 0.1) is 0 Å². The highest BCUT2D eigenvalue weighted by Crippen LogP contribution is 2.32. The summed E-state index contributed by atoms with van der Waals surface area (Å²) >= 11 is 0. The molecular weight excluding hydrogens is 244 g/mol. The van der Waals surface area contributed by atoms with Crippen LogP contribution in [0.15, 0.2) is 65.1 Å². The van der Waals surface area contributed by atoms with Gasteiger partial charge in [-0.2, -0.15) is 0 Å². The van der Waals surface area contributed by atoms with Crippen LogP contribution in [-0.2, 0) is 0 Å². The molecule has 0 atom stereocenters. The lowest BCUT2D eigenvalue weighted by Gasteiger charge is -1.98. The van der Waals surface area contributed by atoms with Crippen molar-refractivity contribution in [3.8, 4) is 34.8 Å². The van der Waals surface area contributed by atoms with Gasteiger partial charge < -0.3 is 4.42 Å². The summed E-state index contributed by atoms with van der Waals surface area (Å²) in [5.41, 5.74) is 4.19. The van der Waals surface area contributed by atoms with Gasteiger partial charge in [-0.25, -0.2) is 0 Å². The van der Waals surface area contributed by atoms with Gasteiger partial charge in [-0.15, -0.1) is 6.42 Å². The van der Waals surface area contributed by atoms with Gasteiger partial charge in [-0.05, 0) is 30.7 Å². The molecule has 2 aromatic carbocycles. The SMILES string of the molecule is C#Cc1ccc(-c2cc(-c3ccccc3)oc2C)cc1. The zero-order valence-electron chi connectivity index (χ0n) is 11.3. The number of hydrogen-bond donors (Lipinski definition) is 0. The normalized spacial score (nSPS) is 10.2. The first-order chi connectivity index (χ1) is 9.78. The lowest BCUT2D eigenvalue weighted by molar-refractivity contribution is 0.549. The van der Waals surface area contributed by atoms with Crippen molar-refractivity contribution >= 4 is 0 Å². The zero-order valence-corrected chi connectivity index (χ0v) is 11.3. The number of furan rings is 1. The molecule has 0 saturated heterocycles. The summed E-state index contributed by atoms with van der Waals surface area (Å²) in [6.07, 6.45) is 5.38. The highest BCUT2D eigenvalue weighted by molar-refractivity contribution is 5.72. The highest BCUT2D eigenvalue weighted by Gasteiger charge is 2.10. The minimum absolute atomic E-state index is 0.887. The number of rotatable bonds is 2. The van der Waals surface area contributed by atoms with Crippen LogP contribution in [0.5, 0.6) is 0 Å². The molecule has 0 radical (unpaired) electrons. The Morgan fingerprint density at radius 2 is 1.60 bits per heavy atom. The van der Waals surface area contributed by atoms with Crippen LogP contribution < -0.4 is 0 Å². The second kappa shape index (κ2) is 5.11. The molecule has 1 heteroatoms. The third kappa shape index (κ3) is 2.24. The average molecular weight is 258 g/mol. The minimum Gasteiger partial charge on any atom is -0.461 e. The van der Waals surface area contributed by atoms with Crippen molar-refractivity contribution in [2.75, 3.05) is 0 Å². The zero-order chi connectivity index (χ0) is 13.9. The number of benzene rings is 2. The molecule has 0 amide bonds. The van der Waals surface area contributed by atoms with Crippen LogP contribution in [0.3, 0.4) is 0 Å². The van der Waals surface area contributed by atoms with E-state index in [1.165, 1.54) is 0 Å². The third-order valence-electron chi connectivity index (χ3n) is 3.34. The summed E-state index contributed by atoms with van der Waals surface area (Å²) in [7, 11) is 0. The molecule has 96 valence electrons. The topological polar surface area (TPSA) is 13.1 Å². The Morgan fingerprint density at radius 1 is 0.900 bits per heavy atom. The Balaban J connectivity index is 2.03. The van der Waals surface area contributed by atoms with Crippen LogP contribution in [0.1, 0.15) is 11.3 Å². The summed E-state index contributed by atoms with van der Waals surface area (Å²) in [6.45, 7) is 1.98. The van der Waals surface area contributed by atoms with Crippen molar-refractivity contribution < 1.29 is 4.42 Å². The van der Waals surface area contributed by atoms with Gasteiger partial charge in [0.25, 0.3) is 0 Å². The van der Waals surface area contributed by atoms with E-state index in [9.17, 15) is 0 Å². The first kappa shape index (κ1) is 12.3. The van der Waals surface area contributed by atoms with E-state index in [2.05, 4.69) is 12.0 Å². The Labute approximate surface area is 118 Å². The maximum atomic E-state index is 5.87. The van der Waals surface area contributed by atoms with Gasteiger partial charge >= 0.3 is 0 Å². The number of terminal acetylenes is 1. The van der Waals surface area contributed by atoms with Gasteiger partial charge in [0.15, 0.2) is 0 Å². The first-order valence-electron chi connectivity index (χ1n) is 6.51. The van der Waals surface area contributed by atoms with E-state index in [0.717, 1.165) is 33.8 Å². The van der Waals surface area contributed by atoms with Crippen LogP contribution in [-0.4, -0.2) is 0 Å². The molecule has 0 aliphatic heterocycles. The van der Waals surface area contributed by atoms with E-state index in [-0.39, 0.29) is 0 Å². The van der Waals surface area contributed by atoms with E-state index in [1.807, 2.05) is 61.5 Å². The van der Waals surface area contributed by atoms with Crippen molar-refractivity contribution in [1.29, 1.82) is 0 Å². The van der Waals surface area contributed by atoms with Crippen molar-refractivity contribution in [3.63, 3.8) is 0 Å². The van der Waals surface area contributed by atoms with Crippen LogP contribution in [0.4, 0.5) is 0 Å². The summed E-state index contributed by atoms with van der Waals surface area (Å²) in [6, 6.07) is 20.1. The number of aryl methyl sites for hydroxylation is 1. The van der Waals surface area contributed by atoms with E-state index < -0.39 is 0 Å². The van der Waals surface area contributed by atoms with E-state index in [1.54, 1.807) is 0 Å². The van der Waals surface area contributed by atoms with E-state index in [4.69, 9.17) is 10.8 Å². The van der Waals surface area contributed by atoms with E-state index in [0.29, 0.717) is 0 Å². The second-order valence-electron chi connectivity index (χ2n) is 4.67. The molecule has 3 aromatic rings. The van der Waals surface area contributed by atoms with E-state index >= 15 is 0 Å². The highest BCUT2D eigenvalue weighted by atomic mass is 16.3. The van der Waals surface area contributed by atoms with Gasteiger partial charge in [0.1, 0.15) is 11.5 Å². The fraction of sp³-hybridized carbons (Fsp3) is 0.0526. The fourth-order valence-electron chi connectivity index (χ4n) is 2.26. The standard InChI is InChI=1S/C19H14O/c1-3-15-9-11-16(12-10-15)18-13-19(20-14(18)2)17-7-5-4-6-8-17/h1,4-13H,2H3. The predicted molar refractivity (Wildman–Crippen MR) is 82.3 cm³/mol. The number of hydrogen-bond acceptors (Lipinski definition) is 1. The minimum atomic E-state index is 0.887. The molecule has 0 spiro atoms. The smallest absolute Gasteiger partial charge is 0.134 e. The molecule has 0 aliphatic rings. The Kier molecular flexibility index (Phi) is 3.15. The Bertz CT molecular complexity index is 756. The largest absolute Gasteiger partial charge is 0.461 e. The van der Waals surface area contributed by atoms with Gasteiger partial charge in [0.2, 0.25) is 0 Å². The lowest BCUT2D eigenvalue weighted by atomic mass is 10.0.